The van der Waals surface area contributed by atoms with Gasteiger partial charge >= 0.3 is 5.97 Å². The molecule has 1 aromatic carbocycles. The lowest BCUT2D eigenvalue weighted by molar-refractivity contribution is -0.118. The average Bonchev–Trinajstić information content (AvgIpc) is 3.19. The van der Waals surface area contributed by atoms with E-state index in [9.17, 15) is 14.4 Å². The Labute approximate surface area is 170 Å². The number of carbonyl (C=O) groups excluding carboxylic acids is 2. The third-order valence-corrected chi connectivity index (χ3v) is 4.35. The molecule has 11 heteroatoms. The molecular weight excluding hydrogens is 396 g/mol. The second-order valence-corrected chi connectivity index (χ2v) is 6.12. The SMILES string of the molecule is CCOC(=O)c1noc2ncn([C@H](C)C(=O)Nc3cc(OC)ccc3OC)c(=O)c12. The van der Waals surface area contributed by atoms with Gasteiger partial charge in [0.05, 0.1) is 26.5 Å². The Morgan fingerprint density at radius 1 is 1.27 bits per heavy atom. The Kier molecular flexibility index (Phi) is 6.00. The van der Waals surface area contributed by atoms with Crippen molar-refractivity contribution in [2.45, 2.75) is 19.9 Å². The molecule has 2 aromatic heterocycles. The van der Waals surface area contributed by atoms with Crippen LogP contribution in [0, 0.1) is 0 Å². The van der Waals surface area contributed by atoms with Gasteiger partial charge in [-0.25, -0.2) is 9.78 Å². The summed E-state index contributed by atoms with van der Waals surface area (Å²) < 4.78 is 21.3. The highest BCUT2D eigenvalue weighted by Gasteiger charge is 2.25. The third-order valence-electron chi connectivity index (χ3n) is 4.35. The van der Waals surface area contributed by atoms with E-state index in [0.717, 1.165) is 10.9 Å². The smallest absolute Gasteiger partial charge is 0.361 e. The summed E-state index contributed by atoms with van der Waals surface area (Å²) in [6.07, 6.45) is 1.15. The van der Waals surface area contributed by atoms with Crippen molar-refractivity contribution >= 4 is 28.7 Å². The van der Waals surface area contributed by atoms with E-state index in [1.165, 1.54) is 21.1 Å². The molecule has 3 aromatic rings. The number of nitrogens with zero attached hydrogens (tertiary/aromatic N) is 3. The van der Waals surface area contributed by atoms with Gasteiger partial charge in [-0.15, -0.1) is 0 Å². The van der Waals surface area contributed by atoms with E-state index in [1.807, 2.05) is 0 Å². The molecule has 1 amide bonds. The van der Waals surface area contributed by atoms with E-state index in [4.69, 9.17) is 18.7 Å². The van der Waals surface area contributed by atoms with Crippen molar-refractivity contribution in [3.8, 4) is 11.5 Å². The highest BCUT2D eigenvalue weighted by Crippen LogP contribution is 2.29. The van der Waals surface area contributed by atoms with Crippen LogP contribution < -0.4 is 20.3 Å². The molecule has 0 saturated carbocycles. The standard InChI is InChI=1S/C19H20N4O7/c1-5-29-19(26)15-14-17(30-22-15)20-9-23(18(14)25)10(2)16(24)21-12-8-11(27-3)6-7-13(12)28-4/h6-10H,5H2,1-4H3,(H,21,24)/t10-/m1/s1. The van der Waals surface area contributed by atoms with Gasteiger partial charge in [-0.2, -0.15) is 0 Å². The van der Waals surface area contributed by atoms with E-state index in [-0.39, 0.29) is 23.4 Å². The summed E-state index contributed by atoms with van der Waals surface area (Å²) in [6.45, 7) is 3.23. The largest absolute Gasteiger partial charge is 0.497 e. The Hall–Kier alpha value is -3.89. The summed E-state index contributed by atoms with van der Waals surface area (Å²) in [5.41, 5.74) is -0.709. The fourth-order valence-corrected chi connectivity index (χ4v) is 2.75. The van der Waals surface area contributed by atoms with Gasteiger partial charge in [0.15, 0.2) is 0 Å². The number of amides is 1. The molecule has 1 atom stereocenters. The molecule has 0 radical (unpaired) electrons. The first-order chi connectivity index (χ1) is 14.4. The molecule has 0 aliphatic rings. The van der Waals surface area contributed by atoms with E-state index in [1.54, 1.807) is 25.1 Å². The molecule has 30 heavy (non-hydrogen) atoms. The zero-order valence-corrected chi connectivity index (χ0v) is 16.8. The van der Waals surface area contributed by atoms with Gasteiger partial charge in [0, 0.05) is 6.07 Å². The van der Waals surface area contributed by atoms with Crippen LogP contribution >= 0.6 is 0 Å². The first kappa shape index (κ1) is 20.8. The molecule has 0 bridgehead atoms. The van der Waals surface area contributed by atoms with E-state index in [0.29, 0.717) is 17.2 Å². The maximum Gasteiger partial charge on any atom is 0.361 e. The fraction of sp³-hybridized carbons (Fsp3) is 0.316. The number of esters is 1. The molecule has 3 rings (SSSR count). The number of benzene rings is 1. The Morgan fingerprint density at radius 3 is 2.70 bits per heavy atom. The number of carbonyl (C=O) groups is 2. The second kappa shape index (κ2) is 8.64. The number of ether oxygens (including phenoxy) is 3. The van der Waals surface area contributed by atoms with Gasteiger partial charge in [0.1, 0.15) is 29.3 Å². The Balaban J connectivity index is 1.95. The van der Waals surface area contributed by atoms with Crippen LogP contribution in [0.25, 0.3) is 11.1 Å². The summed E-state index contributed by atoms with van der Waals surface area (Å²) in [4.78, 5) is 41.7. The molecule has 0 spiro atoms. The van der Waals surface area contributed by atoms with Crippen molar-refractivity contribution < 1.29 is 28.3 Å². The quantitative estimate of drug-likeness (QED) is 0.572. The number of aromatic nitrogens is 3. The molecule has 0 fully saturated rings. The highest BCUT2D eigenvalue weighted by molar-refractivity contribution is 6.00. The van der Waals surface area contributed by atoms with Crippen LogP contribution in [0.2, 0.25) is 0 Å². The number of hydrogen-bond donors (Lipinski definition) is 1. The molecule has 0 unspecified atom stereocenters. The molecule has 158 valence electrons. The van der Waals surface area contributed by atoms with Crippen molar-refractivity contribution in [1.29, 1.82) is 0 Å². The summed E-state index contributed by atoms with van der Waals surface area (Å²) in [5, 5.41) is 6.11. The minimum Gasteiger partial charge on any atom is -0.497 e. The van der Waals surface area contributed by atoms with Gasteiger partial charge < -0.3 is 24.1 Å². The maximum absolute atomic E-state index is 12.9. The first-order valence-electron chi connectivity index (χ1n) is 8.97. The summed E-state index contributed by atoms with van der Waals surface area (Å²) in [7, 11) is 2.96. The van der Waals surface area contributed by atoms with Crippen LogP contribution in [0.3, 0.4) is 0 Å². The summed E-state index contributed by atoms with van der Waals surface area (Å²) in [6, 6.07) is 3.94. The number of methoxy groups -OCH3 is 2. The molecule has 1 N–H and O–H groups in total. The number of nitrogens with one attached hydrogen (secondary N) is 1. The normalized spacial score (nSPS) is 11.7. The molecule has 11 nitrogen and oxygen atoms in total. The van der Waals surface area contributed by atoms with Crippen molar-refractivity contribution in [2.24, 2.45) is 0 Å². The third kappa shape index (κ3) is 3.81. The summed E-state index contributed by atoms with van der Waals surface area (Å²) >= 11 is 0. The predicted molar refractivity (Wildman–Crippen MR) is 105 cm³/mol. The van der Waals surface area contributed by atoms with Gasteiger partial charge in [0.2, 0.25) is 11.6 Å². The van der Waals surface area contributed by atoms with Crippen LogP contribution in [0.15, 0.2) is 33.8 Å². The Bertz CT molecular complexity index is 1150. The number of rotatable bonds is 7. The van der Waals surface area contributed by atoms with E-state index >= 15 is 0 Å². The zero-order valence-electron chi connectivity index (χ0n) is 16.8. The molecule has 2 heterocycles. The fourth-order valence-electron chi connectivity index (χ4n) is 2.75. The molecular formula is C19H20N4O7. The monoisotopic (exact) mass is 416 g/mol. The first-order valence-corrected chi connectivity index (χ1v) is 8.97. The number of hydrogen-bond acceptors (Lipinski definition) is 9. The molecule has 0 saturated heterocycles. The molecule has 0 aliphatic heterocycles. The van der Waals surface area contributed by atoms with Crippen molar-refractivity contribution in [3.05, 3.63) is 40.6 Å². The lowest BCUT2D eigenvalue weighted by atomic mass is 10.2. The van der Waals surface area contributed by atoms with Crippen LogP contribution in [-0.4, -0.2) is 47.4 Å². The topological polar surface area (TPSA) is 135 Å². The number of anilines is 1. The van der Waals surface area contributed by atoms with Crippen molar-refractivity contribution in [1.82, 2.24) is 14.7 Å². The minimum atomic E-state index is -0.977. The van der Waals surface area contributed by atoms with Crippen LogP contribution in [0.5, 0.6) is 11.5 Å². The van der Waals surface area contributed by atoms with E-state index < -0.39 is 23.5 Å². The Morgan fingerprint density at radius 2 is 2.03 bits per heavy atom. The van der Waals surface area contributed by atoms with E-state index in [2.05, 4.69) is 15.5 Å². The van der Waals surface area contributed by atoms with Crippen LogP contribution in [0.1, 0.15) is 30.4 Å². The van der Waals surface area contributed by atoms with Gasteiger partial charge in [0.25, 0.3) is 11.3 Å². The average molecular weight is 416 g/mol. The van der Waals surface area contributed by atoms with Gasteiger partial charge in [-0.3, -0.25) is 14.2 Å². The van der Waals surface area contributed by atoms with Crippen LogP contribution in [0.4, 0.5) is 5.69 Å². The lowest BCUT2D eigenvalue weighted by Crippen LogP contribution is -2.32. The minimum absolute atomic E-state index is 0.100. The maximum atomic E-state index is 12.9. The zero-order chi connectivity index (χ0) is 21.8. The van der Waals surface area contributed by atoms with Crippen LogP contribution in [-0.2, 0) is 9.53 Å². The van der Waals surface area contributed by atoms with Crippen molar-refractivity contribution in [3.63, 3.8) is 0 Å². The lowest BCUT2D eigenvalue weighted by Gasteiger charge is -2.16. The van der Waals surface area contributed by atoms with Gasteiger partial charge in [-0.05, 0) is 26.0 Å². The van der Waals surface area contributed by atoms with Gasteiger partial charge in [-0.1, -0.05) is 5.16 Å². The summed E-state index contributed by atoms with van der Waals surface area (Å²) in [5.74, 6) is -0.395. The number of fused-ring (bicyclic) bond motifs is 1. The molecule has 0 aliphatic carbocycles. The van der Waals surface area contributed by atoms with Crippen molar-refractivity contribution in [2.75, 3.05) is 26.1 Å². The predicted octanol–water partition coefficient (Wildman–Crippen LogP) is 1.78. The highest BCUT2D eigenvalue weighted by atomic mass is 16.5. The second-order valence-electron chi connectivity index (χ2n) is 6.12.